The summed E-state index contributed by atoms with van der Waals surface area (Å²) in [6.07, 6.45) is 2.38. The molecular formula is C14H19N3O4. The van der Waals surface area contributed by atoms with Crippen LogP contribution in [0.25, 0.3) is 0 Å². The number of hydrogen-bond acceptors (Lipinski definition) is 5. The molecule has 1 aliphatic rings. The van der Waals surface area contributed by atoms with Crippen LogP contribution in [-0.2, 0) is 0 Å². The van der Waals surface area contributed by atoms with Gasteiger partial charge in [-0.05, 0) is 38.9 Å². The number of carboxylic acids is 1. The normalized spacial score (nSPS) is 15.8. The van der Waals surface area contributed by atoms with Gasteiger partial charge >= 0.3 is 11.7 Å². The number of carboxylic acid groups (broad SMARTS) is 1. The number of anilines is 1. The maximum atomic E-state index is 11.1. The number of nitrogens with one attached hydrogen (secondary N) is 1. The van der Waals surface area contributed by atoms with E-state index in [-0.39, 0.29) is 23.0 Å². The Morgan fingerprint density at radius 3 is 2.76 bits per heavy atom. The van der Waals surface area contributed by atoms with Crippen molar-refractivity contribution in [3.63, 3.8) is 0 Å². The van der Waals surface area contributed by atoms with Crippen LogP contribution in [0.4, 0.5) is 11.4 Å². The van der Waals surface area contributed by atoms with E-state index >= 15 is 0 Å². The van der Waals surface area contributed by atoms with E-state index in [0.29, 0.717) is 12.6 Å². The first-order valence-electron chi connectivity index (χ1n) is 6.88. The largest absolute Gasteiger partial charge is 0.477 e. The number of nitro benzene ring substituents is 1. The molecule has 0 aromatic heterocycles. The summed E-state index contributed by atoms with van der Waals surface area (Å²) in [4.78, 5) is 23.8. The van der Waals surface area contributed by atoms with Gasteiger partial charge in [0.1, 0.15) is 11.3 Å². The van der Waals surface area contributed by atoms with Crippen LogP contribution in [0.3, 0.4) is 0 Å². The van der Waals surface area contributed by atoms with Crippen molar-refractivity contribution < 1.29 is 14.8 Å². The molecule has 0 aliphatic heterocycles. The molecule has 0 heterocycles. The maximum Gasteiger partial charge on any atom is 0.342 e. The van der Waals surface area contributed by atoms with Crippen LogP contribution in [-0.4, -0.2) is 46.6 Å². The van der Waals surface area contributed by atoms with Gasteiger partial charge in [-0.25, -0.2) is 4.79 Å². The molecule has 1 aliphatic carbocycles. The molecule has 21 heavy (non-hydrogen) atoms. The number of benzene rings is 1. The maximum absolute atomic E-state index is 11.1. The lowest BCUT2D eigenvalue weighted by molar-refractivity contribution is -0.384. The fraction of sp³-hybridized carbons (Fsp3) is 0.500. The Balaban J connectivity index is 2.13. The lowest BCUT2D eigenvalue weighted by atomic mass is 10.1. The lowest BCUT2D eigenvalue weighted by Crippen LogP contribution is -2.36. The van der Waals surface area contributed by atoms with Gasteiger partial charge in [0.05, 0.1) is 4.92 Å². The smallest absolute Gasteiger partial charge is 0.342 e. The third-order valence-electron chi connectivity index (χ3n) is 3.86. The summed E-state index contributed by atoms with van der Waals surface area (Å²) in [6.45, 7) is 2.56. The third kappa shape index (κ3) is 3.49. The highest BCUT2D eigenvalue weighted by molar-refractivity contribution is 5.95. The predicted octanol–water partition coefficient (Wildman–Crippen LogP) is 2.19. The van der Waals surface area contributed by atoms with Gasteiger partial charge < -0.3 is 10.4 Å². The standard InChI is InChI=1S/C14H19N3O4/c1-9(16(2)10-6-7-10)8-15-12-5-3-4-11(14(18)19)13(12)17(20)21/h3-5,9-10,15H,6-8H2,1-2H3,(H,18,19). The van der Waals surface area contributed by atoms with Crippen LogP contribution >= 0.6 is 0 Å². The molecule has 114 valence electrons. The predicted molar refractivity (Wildman–Crippen MR) is 78.8 cm³/mol. The number of para-hydroxylation sites is 1. The molecule has 1 aromatic carbocycles. The number of hydrogen-bond donors (Lipinski definition) is 2. The topological polar surface area (TPSA) is 95.7 Å². The van der Waals surface area contributed by atoms with Crippen molar-refractivity contribution >= 4 is 17.3 Å². The summed E-state index contributed by atoms with van der Waals surface area (Å²) in [5.74, 6) is -1.30. The van der Waals surface area contributed by atoms with Crippen LogP contribution in [0.5, 0.6) is 0 Å². The second-order valence-electron chi connectivity index (χ2n) is 5.39. The van der Waals surface area contributed by atoms with E-state index in [9.17, 15) is 14.9 Å². The van der Waals surface area contributed by atoms with Crippen molar-refractivity contribution in [2.24, 2.45) is 0 Å². The number of carbonyl (C=O) groups is 1. The minimum atomic E-state index is -1.30. The monoisotopic (exact) mass is 293 g/mol. The third-order valence-corrected chi connectivity index (χ3v) is 3.86. The number of aromatic carboxylic acids is 1. The summed E-state index contributed by atoms with van der Waals surface area (Å²) in [7, 11) is 2.03. The van der Waals surface area contributed by atoms with Crippen molar-refractivity contribution in [3.05, 3.63) is 33.9 Å². The molecule has 1 unspecified atom stereocenters. The van der Waals surface area contributed by atoms with Gasteiger partial charge in [-0.3, -0.25) is 15.0 Å². The summed E-state index contributed by atoms with van der Waals surface area (Å²) in [6, 6.07) is 5.10. The molecule has 0 bridgehead atoms. The fourth-order valence-corrected chi connectivity index (χ4v) is 2.30. The van der Waals surface area contributed by atoms with E-state index in [0.717, 1.165) is 0 Å². The zero-order valence-electron chi connectivity index (χ0n) is 12.1. The van der Waals surface area contributed by atoms with Crippen LogP contribution in [0.1, 0.15) is 30.1 Å². The summed E-state index contributed by atoms with van der Waals surface area (Å²) < 4.78 is 0. The van der Waals surface area contributed by atoms with Gasteiger partial charge in [-0.2, -0.15) is 0 Å². The number of likely N-dealkylation sites (N-methyl/N-ethyl adjacent to an activating group) is 1. The van der Waals surface area contributed by atoms with Gasteiger partial charge in [0, 0.05) is 18.6 Å². The first-order chi connectivity index (χ1) is 9.91. The average molecular weight is 293 g/mol. The molecule has 1 fully saturated rings. The highest BCUT2D eigenvalue weighted by atomic mass is 16.6. The molecule has 0 saturated heterocycles. The van der Waals surface area contributed by atoms with E-state index in [2.05, 4.69) is 10.2 Å². The summed E-state index contributed by atoms with van der Waals surface area (Å²) >= 11 is 0. The van der Waals surface area contributed by atoms with E-state index < -0.39 is 10.9 Å². The molecule has 7 nitrogen and oxygen atoms in total. The zero-order chi connectivity index (χ0) is 15.6. The molecule has 1 atom stereocenters. The van der Waals surface area contributed by atoms with Crippen molar-refractivity contribution in [2.75, 3.05) is 18.9 Å². The fourth-order valence-electron chi connectivity index (χ4n) is 2.30. The molecule has 0 amide bonds. The van der Waals surface area contributed by atoms with Crippen LogP contribution in [0.15, 0.2) is 18.2 Å². The molecule has 1 aromatic rings. The number of rotatable bonds is 7. The molecular weight excluding hydrogens is 274 g/mol. The van der Waals surface area contributed by atoms with Gasteiger partial charge in [0.25, 0.3) is 0 Å². The Labute approximate surface area is 122 Å². The van der Waals surface area contributed by atoms with Crippen molar-refractivity contribution in [1.29, 1.82) is 0 Å². The van der Waals surface area contributed by atoms with E-state index in [4.69, 9.17) is 5.11 Å². The van der Waals surface area contributed by atoms with E-state index in [1.54, 1.807) is 0 Å². The Hall–Kier alpha value is -2.15. The molecule has 7 heteroatoms. The van der Waals surface area contributed by atoms with Gasteiger partial charge in [0.15, 0.2) is 0 Å². The number of nitrogens with zero attached hydrogens (tertiary/aromatic N) is 2. The Bertz CT molecular complexity index is 557. The summed E-state index contributed by atoms with van der Waals surface area (Å²) in [5, 5.41) is 23.2. The zero-order valence-corrected chi connectivity index (χ0v) is 12.1. The highest BCUT2D eigenvalue weighted by Crippen LogP contribution is 2.30. The van der Waals surface area contributed by atoms with Crippen LogP contribution in [0, 0.1) is 10.1 Å². The lowest BCUT2D eigenvalue weighted by Gasteiger charge is -2.25. The Morgan fingerprint density at radius 1 is 1.57 bits per heavy atom. The molecule has 1 saturated carbocycles. The van der Waals surface area contributed by atoms with Gasteiger partial charge in [-0.15, -0.1) is 0 Å². The van der Waals surface area contributed by atoms with E-state index in [1.807, 2.05) is 14.0 Å². The first-order valence-corrected chi connectivity index (χ1v) is 6.88. The molecule has 0 radical (unpaired) electrons. The Kier molecular flexibility index (Phi) is 4.42. The highest BCUT2D eigenvalue weighted by Gasteiger charge is 2.29. The minimum Gasteiger partial charge on any atom is -0.477 e. The SMILES string of the molecule is CC(CNc1cccc(C(=O)O)c1[N+](=O)[O-])N(C)C1CC1. The van der Waals surface area contributed by atoms with E-state index in [1.165, 1.54) is 31.0 Å². The quantitative estimate of drug-likeness (QED) is 0.591. The molecule has 0 spiro atoms. The van der Waals surface area contributed by atoms with Crippen molar-refractivity contribution in [3.8, 4) is 0 Å². The molecule has 2 rings (SSSR count). The number of nitro groups is 1. The Morgan fingerprint density at radius 2 is 2.24 bits per heavy atom. The minimum absolute atomic E-state index is 0.214. The molecule has 2 N–H and O–H groups in total. The van der Waals surface area contributed by atoms with Crippen molar-refractivity contribution in [1.82, 2.24) is 4.90 Å². The second kappa shape index (κ2) is 6.09. The van der Waals surface area contributed by atoms with Crippen molar-refractivity contribution in [2.45, 2.75) is 31.8 Å². The summed E-state index contributed by atoms with van der Waals surface area (Å²) in [5.41, 5.74) is -0.435. The first kappa shape index (κ1) is 15.2. The average Bonchev–Trinajstić information content (AvgIpc) is 3.27. The van der Waals surface area contributed by atoms with Crippen LogP contribution in [0.2, 0.25) is 0 Å². The van der Waals surface area contributed by atoms with Gasteiger partial charge in [-0.1, -0.05) is 6.07 Å². The van der Waals surface area contributed by atoms with Gasteiger partial charge in [0.2, 0.25) is 0 Å². The second-order valence-corrected chi connectivity index (χ2v) is 5.39. The van der Waals surface area contributed by atoms with Crippen LogP contribution < -0.4 is 5.32 Å².